The van der Waals surface area contributed by atoms with Crippen LogP contribution >= 0.6 is 11.6 Å². The van der Waals surface area contributed by atoms with Gasteiger partial charge in [-0.3, -0.25) is 0 Å². The van der Waals surface area contributed by atoms with Gasteiger partial charge in [-0.1, -0.05) is 34.6 Å². The van der Waals surface area contributed by atoms with E-state index in [1.165, 1.54) is 6.42 Å². The highest BCUT2D eigenvalue weighted by Crippen LogP contribution is 2.43. The molecule has 0 heterocycles. The predicted molar refractivity (Wildman–Crippen MR) is 62.4 cm³/mol. The van der Waals surface area contributed by atoms with Crippen LogP contribution in [0.1, 0.15) is 60.8 Å². The van der Waals surface area contributed by atoms with Gasteiger partial charge >= 0.3 is 0 Å². The van der Waals surface area contributed by atoms with Crippen molar-refractivity contribution in [3.05, 3.63) is 0 Å². The molecule has 0 aliphatic heterocycles. The highest BCUT2D eigenvalue weighted by Gasteiger charge is 2.37. The molecule has 0 amide bonds. The molecule has 0 nitrogen and oxygen atoms in total. The van der Waals surface area contributed by atoms with E-state index in [9.17, 15) is 0 Å². The second kappa shape index (κ2) is 4.68. The Labute approximate surface area is 89.1 Å². The van der Waals surface area contributed by atoms with Crippen LogP contribution in [0.2, 0.25) is 0 Å². The Balaban J connectivity index is 4.22. The first-order valence-corrected chi connectivity index (χ1v) is 5.79. The van der Waals surface area contributed by atoms with E-state index in [1.54, 1.807) is 0 Å². The van der Waals surface area contributed by atoms with Crippen LogP contribution in [-0.2, 0) is 0 Å². The smallest absolute Gasteiger partial charge is 0.0469 e. The van der Waals surface area contributed by atoms with Gasteiger partial charge in [0.25, 0.3) is 0 Å². The first kappa shape index (κ1) is 13.3. The maximum Gasteiger partial charge on any atom is 0.0469 e. The van der Waals surface area contributed by atoms with Gasteiger partial charge < -0.3 is 0 Å². The van der Waals surface area contributed by atoms with Crippen molar-refractivity contribution in [2.75, 3.05) is 0 Å². The molecule has 0 radical (unpaired) electrons. The topological polar surface area (TPSA) is 0 Å². The molecular weight excluding hydrogens is 180 g/mol. The standard InChI is InChI=1S/C12H25Cl/c1-7-11(4,5)12(6,13)9-8-10(2)3/h10H,7-9H2,1-6H3. The fourth-order valence-corrected chi connectivity index (χ4v) is 1.51. The Morgan fingerprint density at radius 2 is 1.62 bits per heavy atom. The van der Waals surface area contributed by atoms with Crippen molar-refractivity contribution in [1.29, 1.82) is 0 Å². The summed E-state index contributed by atoms with van der Waals surface area (Å²) in [4.78, 5) is -0.0496. The van der Waals surface area contributed by atoms with Gasteiger partial charge in [0, 0.05) is 4.87 Å². The van der Waals surface area contributed by atoms with Crippen molar-refractivity contribution < 1.29 is 0 Å². The van der Waals surface area contributed by atoms with Crippen LogP contribution < -0.4 is 0 Å². The van der Waals surface area contributed by atoms with Gasteiger partial charge in [-0.2, -0.15) is 0 Å². The maximum absolute atomic E-state index is 6.57. The molecule has 0 N–H and O–H groups in total. The average Bonchev–Trinajstić information content (AvgIpc) is 2.01. The molecular formula is C12H25Cl. The molecule has 1 unspecified atom stereocenters. The lowest BCUT2D eigenvalue weighted by molar-refractivity contribution is 0.227. The molecule has 0 aromatic carbocycles. The van der Waals surface area contributed by atoms with Crippen molar-refractivity contribution in [3.63, 3.8) is 0 Å². The fraction of sp³-hybridized carbons (Fsp3) is 1.00. The van der Waals surface area contributed by atoms with Gasteiger partial charge in [0.1, 0.15) is 0 Å². The lowest BCUT2D eigenvalue weighted by atomic mass is 9.74. The quantitative estimate of drug-likeness (QED) is 0.562. The van der Waals surface area contributed by atoms with Crippen LogP contribution in [0.3, 0.4) is 0 Å². The van der Waals surface area contributed by atoms with Gasteiger partial charge in [0.05, 0.1) is 0 Å². The van der Waals surface area contributed by atoms with Crippen molar-refractivity contribution in [1.82, 2.24) is 0 Å². The second-order valence-electron chi connectivity index (χ2n) is 5.37. The molecule has 13 heavy (non-hydrogen) atoms. The first-order valence-electron chi connectivity index (χ1n) is 5.42. The summed E-state index contributed by atoms with van der Waals surface area (Å²) in [6.07, 6.45) is 3.49. The van der Waals surface area contributed by atoms with E-state index in [0.717, 1.165) is 18.8 Å². The Kier molecular flexibility index (Phi) is 4.79. The van der Waals surface area contributed by atoms with Crippen molar-refractivity contribution in [2.45, 2.75) is 65.7 Å². The summed E-state index contributed by atoms with van der Waals surface area (Å²) in [5, 5.41) is 0. The van der Waals surface area contributed by atoms with Gasteiger partial charge in [-0.15, -0.1) is 11.6 Å². The fourth-order valence-electron chi connectivity index (χ4n) is 1.27. The lowest BCUT2D eigenvalue weighted by Crippen LogP contribution is -2.36. The largest absolute Gasteiger partial charge is 0.119 e. The molecule has 0 aromatic heterocycles. The van der Waals surface area contributed by atoms with Gasteiger partial charge in [-0.05, 0) is 37.5 Å². The molecule has 0 fully saturated rings. The zero-order valence-corrected chi connectivity index (χ0v) is 10.8. The summed E-state index contributed by atoms with van der Waals surface area (Å²) in [6, 6.07) is 0. The van der Waals surface area contributed by atoms with Crippen molar-refractivity contribution in [2.24, 2.45) is 11.3 Å². The summed E-state index contributed by atoms with van der Waals surface area (Å²) < 4.78 is 0. The zero-order valence-electron chi connectivity index (χ0n) is 10.1. The van der Waals surface area contributed by atoms with Crippen LogP contribution in [0.4, 0.5) is 0 Å². The van der Waals surface area contributed by atoms with E-state index in [-0.39, 0.29) is 10.3 Å². The molecule has 0 saturated heterocycles. The summed E-state index contributed by atoms with van der Waals surface area (Å²) in [5.41, 5.74) is 0.240. The minimum atomic E-state index is -0.0496. The number of rotatable bonds is 5. The SMILES string of the molecule is CCC(C)(C)C(C)(Cl)CCC(C)C. The van der Waals surface area contributed by atoms with E-state index < -0.39 is 0 Å². The monoisotopic (exact) mass is 204 g/mol. The van der Waals surface area contributed by atoms with E-state index in [0.29, 0.717) is 0 Å². The van der Waals surface area contributed by atoms with E-state index in [4.69, 9.17) is 11.6 Å². The Morgan fingerprint density at radius 1 is 1.15 bits per heavy atom. The highest BCUT2D eigenvalue weighted by atomic mass is 35.5. The number of halogens is 1. The minimum absolute atomic E-state index is 0.0496. The number of hydrogen-bond donors (Lipinski definition) is 0. The molecule has 1 heteroatoms. The summed E-state index contributed by atoms with van der Waals surface area (Å²) >= 11 is 6.57. The number of alkyl halides is 1. The van der Waals surface area contributed by atoms with Gasteiger partial charge in [-0.25, -0.2) is 0 Å². The third-order valence-corrected chi connectivity index (χ3v) is 4.19. The van der Waals surface area contributed by atoms with E-state index in [2.05, 4.69) is 41.5 Å². The molecule has 0 bridgehead atoms. The van der Waals surface area contributed by atoms with Crippen LogP contribution in [0.15, 0.2) is 0 Å². The molecule has 80 valence electrons. The van der Waals surface area contributed by atoms with Crippen LogP contribution in [-0.4, -0.2) is 4.87 Å². The molecule has 0 spiro atoms. The lowest BCUT2D eigenvalue weighted by Gasteiger charge is -2.39. The zero-order chi connectivity index (χ0) is 10.7. The van der Waals surface area contributed by atoms with Crippen LogP contribution in [0.25, 0.3) is 0 Å². The molecule has 1 atom stereocenters. The molecule has 0 rings (SSSR count). The summed E-state index contributed by atoms with van der Waals surface area (Å²) in [5.74, 6) is 0.755. The van der Waals surface area contributed by atoms with Crippen molar-refractivity contribution in [3.8, 4) is 0 Å². The van der Waals surface area contributed by atoms with Crippen LogP contribution in [0.5, 0.6) is 0 Å². The van der Waals surface area contributed by atoms with Gasteiger partial charge in [0.2, 0.25) is 0 Å². The first-order chi connectivity index (χ1) is 5.73. The third kappa shape index (κ3) is 3.89. The maximum atomic E-state index is 6.57. The van der Waals surface area contributed by atoms with Gasteiger partial charge in [0.15, 0.2) is 0 Å². The minimum Gasteiger partial charge on any atom is -0.119 e. The Hall–Kier alpha value is 0.290. The predicted octanol–water partition coefficient (Wildman–Crippen LogP) is 4.86. The average molecular weight is 205 g/mol. The van der Waals surface area contributed by atoms with Crippen LogP contribution in [0, 0.1) is 11.3 Å². The van der Waals surface area contributed by atoms with E-state index >= 15 is 0 Å². The molecule has 0 saturated carbocycles. The highest BCUT2D eigenvalue weighted by molar-refractivity contribution is 6.24. The third-order valence-electron chi connectivity index (χ3n) is 3.49. The molecule has 0 aliphatic carbocycles. The second-order valence-corrected chi connectivity index (χ2v) is 6.20. The molecule has 0 aromatic rings. The molecule has 0 aliphatic rings. The summed E-state index contributed by atoms with van der Waals surface area (Å²) in [7, 11) is 0. The van der Waals surface area contributed by atoms with E-state index in [1.807, 2.05) is 0 Å². The number of hydrogen-bond acceptors (Lipinski definition) is 0. The Bertz CT molecular complexity index is 145. The summed E-state index contributed by atoms with van der Waals surface area (Å²) in [6.45, 7) is 13.4. The van der Waals surface area contributed by atoms with Crippen molar-refractivity contribution >= 4 is 11.6 Å². The normalized spacial score (nSPS) is 17.5. The Morgan fingerprint density at radius 3 is 1.92 bits per heavy atom.